The normalized spacial score (nSPS) is 28.9. The van der Waals surface area contributed by atoms with Crippen molar-refractivity contribution in [3.63, 3.8) is 0 Å². The van der Waals surface area contributed by atoms with E-state index in [4.69, 9.17) is 10.5 Å². The van der Waals surface area contributed by atoms with E-state index in [-0.39, 0.29) is 12.1 Å². The number of aromatic nitrogens is 1. The number of nitrogens with two attached hydrogens (primary N) is 1. The van der Waals surface area contributed by atoms with Crippen molar-refractivity contribution in [2.75, 3.05) is 5.73 Å². The summed E-state index contributed by atoms with van der Waals surface area (Å²) < 4.78 is 5.48. The lowest BCUT2D eigenvalue weighted by Gasteiger charge is -2.31. The summed E-state index contributed by atoms with van der Waals surface area (Å²) in [5.41, 5.74) is 6.55. The standard InChI is InChI=1S/C13H20N2O2/c1-8-3-4-11(5-9(8)2)17-13(16)12-6-10(14)7-15-12/h6-9,11,15H,3-5,14H2,1-2H3. The van der Waals surface area contributed by atoms with Crippen LogP contribution in [0.25, 0.3) is 0 Å². The Hall–Kier alpha value is -1.45. The van der Waals surface area contributed by atoms with Crippen molar-refractivity contribution in [3.05, 3.63) is 18.0 Å². The summed E-state index contributed by atoms with van der Waals surface area (Å²) >= 11 is 0. The zero-order valence-corrected chi connectivity index (χ0v) is 10.4. The predicted octanol–water partition coefficient (Wildman–Crippen LogP) is 2.58. The highest BCUT2D eigenvalue weighted by atomic mass is 16.5. The third-order valence-corrected chi connectivity index (χ3v) is 3.75. The number of hydrogen-bond donors (Lipinski definition) is 2. The number of anilines is 1. The first-order valence-corrected chi connectivity index (χ1v) is 6.21. The van der Waals surface area contributed by atoms with Gasteiger partial charge in [0.15, 0.2) is 0 Å². The smallest absolute Gasteiger partial charge is 0.355 e. The fraction of sp³-hybridized carbons (Fsp3) is 0.615. The molecule has 1 aliphatic carbocycles. The number of hydrogen-bond acceptors (Lipinski definition) is 3. The number of H-pyrrole nitrogens is 1. The second-order valence-electron chi connectivity index (χ2n) is 5.14. The van der Waals surface area contributed by atoms with Crippen molar-refractivity contribution in [2.24, 2.45) is 11.8 Å². The van der Waals surface area contributed by atoms with Gasteiger partial charge in [0.1, 0.15) is 11.8 Å². The topological polar surface area (TPSA) is 68.1 Å². The Kier molecular flexibility index (Phi) is 3.41. The highest BCUT2D eigenvalue weighted by Gasteiger charge is 2.27. The second-order valence-corrected chi connectivity index (χ2v) is 5.14. The molecule has 1 heterocycles. The Morgan fingerprint density at radius 1 is 1.41 bits per heavy atom. The summed E-state index contributed by atoms with van der Waals surface area (Å²) in [5.74, 6) is 1.05. The molecule has 94 valence electrons. The predicted molar refractivity (Wildman–Crippen MR) is 66.6 cm³/mol. The first-order valence-electron chi connectivity index (χ1n) is 6.21. The summed E-state index contributed by atoms with van der Waals surface area (Å²) in [6, 6.07) is 1.61. The molecule has 3 N–H and O–H groups in total. The van der Waals surface area contributed by atoms with Gasteiger partial charge in [0, 0.05) is 6.20 Å². The third kappa shape index (κ3) is 2.81. The molecule has 1 aliphatic rings. The van der Waals surface area contributed by atoms with Crippen LogP contribution in [0.1, 0.15) is 43.6 Å². The maximum Gasteiger partial charge on any atom is 0.355 e. The molecule has 1 saturated carbocycles. The Bertz CT molecular complexity index is 400. The molecule has 0 aromatic carbocycles. The maximum atomic E-state index is 11.8. The average molecular weight is 236 g/mol. The zero-order chi connectivity index (χ0) is 12.4. The van der Waals surface area contributed by atoms with Crippen LogP contribution in [-0.4, -0.2) is 17.1 Å². The number of esters is 1. The van der Waals surface area contributed by atoms with Gasteiger partial charge in [0.05, 0.1) is 5.69 Å². The molecule has 4 nitrogen and oxygen atoms in total. The lowest BCUT2D eigenvalue weighted by molar-refractivity contribution is 0.00825. The number of nitrogens with one attached hydrogen (secondary N) is 1. The van der Waals surface area contributed by atoms with E-state index in [0.29, 0.717) is 17.3 Å². The van der Waals surface area contributed by atoms with Crippen LogP contribution in [0.15, 0.2) is 12.3 Å². The van der Waals surface area contributed by atoms with Crippen LogP contribution in [0.5, 0.6) is 0 Å². The lowest BCUT2D eigenvalue weighted by atomic mass is 9.80. The molecule has 17 heavy (non-hydrogen) atoms. The van der Waals surface area contributed by atoms with E-state index >= 15 is 0 Å². The highest BCUT2D eigenvalue weighted by Crippen LogP contribution is 2.31. The Labute approximate surface area is 102 Å². The van der Waals surface area contributed by atoms with Gasteiger partial charge in [-0.2, -0.15) is 0 Å². The molecular formula is C13H20N2O2. The molecule has 4 heteroatoms. The van der Waals surface area contributed by atoms with E-state index in [0.717, 1.165) is 25.2 Å². The van der Waals surface area contributed by atoms with E-state index in [1.165, 1.54) is 0 Å². The zero-order valence-electron chi connectivity index (χ0n) is 10.4. The van der Waals surface area contributed by atoms with E-state index in [1.807, 2.05) is 0 Å². The minimum Gasteiger partial charge on any atom is -0.458 e. The summed E-state index contributed by atoms with van der Waals surface area (Å²) in [7, 11) is 0. The Morgan fingerprint density at radius 3 is 2.76 bits per heavy atom. The Balaban J connectivity index is 1.91. The number of nitrogen functional groups attached to an aromatic ring is 1. The largest absolute Gasteiger partial charge is 0.458 e. The minimum absolute atomic E-state index is 0.0539. The van der Waals surface area contributed by atoms with Gasteiger partial charge in [-0.1, -0.05) is 13.8 Å². The quantitative estimate of drug-likeness (QED) is 0.775. The SMILES string of the molecule is CC1CCC(OC(=O)c2cc(N)c[nH]2)CC1C. The van der Waals surface area contributed by atoms with E-state index in [2.05, 4.69) is 18.8 Å². The number of rotatable bonds is 2. The van der Waals surface area contributed by atoms with Crippen molar-refractivity contribution in [1.29, 1.82) is 0 Å². The van der Waals surface area contributed by atoms with E-state index in [1.54, 1.807) is 12.3 Å². The Morgan fingerprint density at radius 2 is 2.18 bits per heavy atom. The van der Waals surface area contributed by atoms with E-state index in [9.17, 15) is 4.79 Å². The van der Waals surface area contributed by atoms with Crippen LogP contribution in [0.2, 0.25) is 0 Å². The molecule has 0 radical (unpaired) electrons. The van der Waals surface area contributed by atoms with Gasteiger partial charge in [0.25, 0.3) is 0 Å². The average Bonchev–Trinajstić information content (AvgIpc) is 2.70. The molecule has 1 fully saturated rings. The number of carbonyl (C=O) groups is 1. The van der Waals surface area contributed by atoms with Crippen LogP contribution in [0.3, 0.4) is 0 Å². The number of carbonyl (C=O) groups excluding carboxylic acids is 1. The van der Waals surface area contributed by atoms with Crippen LogP contribution in [-0.2, 0) is 4.74 Å². The van der Waals surface area contributed by atoms with Crippen molar-refractivity contribution in [2.45, 2.75) is 39.2 Å². The van der Waals surface area contributed by atoms with Gasteiger partial charge in [-0.25, -0.2) is 4.79 Å². The first kappa shape index (κ1) is 12.0. The molecule has 0 aliphatic heterocycles. The summed E-state index contributed by atoms with van der Waals surface area (Å²) in [4.78, 5) is 14.6. The molecule has 3 unspecified atom stereocenters. The van der Waals surface area contributed by atoms with Crippen molar-refractivity contribution in [1.82, 2.24) is 4.98 Å². The van der Waals surface area contributed by atoms with Crippen molar-refractivity contribution in [3.8, 4) is 0 Å². The summed E-state index contributed by atoms with van der Waals surface area (Å²) in [6.45, 7) is 4.48. The maximum absolute atomic E-state index is 11.8. The number of aromatic amines is 1. The molecule has 0 saturated heterocycles. The van der Waals surface area contributed by atoms with Gasteiger partial charge in [0.2, 0.25) is 0 Å². The molecule has 1 aromatic heterocycles. The van der Waals surface area contributed by atoms with Gasteiger partial charge >= 0.3 is 5.97 Å². The third-order valence-electron chi connectivity index (χ3n) is 3.75. The minimum atomic E-state index is -0.298. The summed E-state index contributed by atoms with van der Waals surface area (Å²) in [5, 5.41) is 0. The van der Waals surface area contributed by atoms with Gasteiger partial charge in [-0.15, -0.1) is 0 Å². The molecule has 3 atom stereocenters. The fourth-order valence-corrected chi connectivity index (χ4v) is 2.35. The highest BCUT2D eigenvalue weighted by molar-refractivity contribution is 5.88. The van der Waals surface area contributed by atoms with Crippen molar-refractivity contribution < 1.29 is 9.53 Å². The van der Waals surface area contributed by atoms with Crippen LogP contribution < -0.4 is 5.73 Å². The monoisotopic (exact) mass is 236 g/mol. The van der Waals surface area contributed by atoms with Gasteiger partial charge in [-0.3, -0.25) is 0 Å². The van der Waals surface area contributed by atoms with Crippen LogP contribution >= 0.6 is 0 Å². The van der Waals surface area contributed by atoms with E-state index < -0.39 is 0 Å². The molecule has 0 bridgehead atoms. The molecule has 0 spiro atoms. The summed E-state index contributed by atoms with van der Waals surface area (Å²) in [6.07, 6.45) is 4.71. The lowest BCUT2D eigenvalue weighted by Crippen LogP contribution is -2.28. The molecule has 0 amide bonds. The fourth-order valence-electron chi connectivity index (χ4n) is 2.35. The van der Waals surface area contributed by atoms with Gasteiger partial charge in [-0.05, 0) is 37.2 Å². The second kappa shape index (κ2) is 4.82. The van der Waals surface area contributed by atoms with Crippen molar-refractivity contribution >= 4 is 11.7 Å². The first-order chi connectivity index (χ1) is 8.06. The number of ether oxygens (including phenoxy) is 1. The van der Waals surface area contributed by atoms with Crippen LogP contribution in [0, 0.1) is 11.8 Å². The van der Waals surface area contributed by atoms with Crippen LogP contribution in [0.4, 0.5) is 5.69 Å². The molecular weight excluding hydrogens is 216 g/mol. The van der Waals surface area contributed by atoms with Gasteiger partial charge < -0.3 is 15.5 Å². The molecule has 2 rings (SSSR count). The molecule has 1 aromatic rings.